The number of aliphatic hydroxyl groups is 1. The molecular weight excluding hydrogens is 1450 g/mol. The van der Waals surface area contributed by atoms with E-state index in [-0.39, 0.29) is 113 Å². The van der Waals surface area contributed by atoms with Gasteiger partial charge in [0.2, 0.25) is 29.0 Å². The van der Waals surface area contributed by atoms with Crippen LogP contribution in [-0.2, 0) is 39.8 Å². The van der Waals surface area contributed by atoms with Crippen molar-refractivity contribution < 1.29 is 67.5 Å². The molecule has 4 atom stereocenters. The molecule has 30 heteroatoms. The molecule has 10 N–H and O–H groups in total. The van der Waals surface area contributed by atoms with Crippen molar-refractivity contribution >= 4 is 64.6 Å². The third-order valence-corrected chi connectivity index (χ3v) is 20.1. The van der Waals surface area contributed by atoms with Crippen LogP contribution in [0.3, 0.4) is 0 Å². The van der Waals surface area contributed by atoms with E-state index in [2.05, 4.69) is 59.0 Å². The zero-order valence-corrected chi connectivity index (χ0v) is 67.6. The number of nitrogens with two attached hydrogens (primary N) is 3. The fourth-order valence-electron chi connectivity index (χ4n) is 13.9. The number of esters is 1. The summed E-state index contributed by atoms with van der Waals surface area (Å²) in [7, 11) is 2.83. The number of ether oxygens (including phenoxy) is 5. The Labute approximate surface area is 666 Å². The summed E-state index contributed by atoms with van der Waals surface area (Å²) in [6.45, 7) is 24.0. The molecule has 3 saturated heterocycles. The van der Waals surface area contributed by atoms with Crippen LogP contribution in [0.25, 0.3) is 11.1 Å². The number of carbonyl (C=O) groups excluding carboxylic acids is 6. The highest BCUT2D eigenvalue weighted by Gasteiger charge is 2.38. The standard InChI is InChI=1S/C51H71N9O8.C17H27N3O3.C8H9ClN2O2.C5H11NO.CH4/c1-6-7-8-24-66-38-16-22-60(23-17-38)51-56-33(3)47(34(4)57-51)43(62)31-37(15-19-53)50(65)59(5)48-36-12-14-46(68-26-21-55)40(30-36)39-28-35(11-13-45(39)67-25-20-54)29-41(42(61)10-9-18-52)58-49(64)32(2)27-44(48)63;1-4-5-6-11-23-14-7-9-20(10-8-14)17-18-12(2)15(16(21)22)13(3)19-17;1-4-6(7(12)13-3)5(2)11-8(9)10-4;7-5-1-3-6-4-2-5;/h11-14,28,30,32,37-38,41,48H,6-10,15-17,19-27,29,31,53-55H2,1-5H3,(H,58,64);14H,4-11H2,1-3H3,(H,21,22);1-3H3;5-7H,1-4H2;1H4/t32-,37-,41+,48+;;;;/m1..../s1. The molecule has 29 nitrogen and oxygen atoms in total. The van der Waals surface area contributed by atoms with E-state index in [1.807, 2.05) is 12.1 Å². The highest BCUT2D eigenvalue weighted by Crippen LogP contribution is 2.41. The number of piperidine rings is 3. The van der Waals surface area contributed by atoms with E-state index in [9.17, 15) is 43.9 Å². The molecule has 2 amide bonds. The number of anilines is 2. The average Bonchev–Trinajstić information content (AvgIpc) is 0.782. The predicted octanol–water partition coefficient (Wildman–Crippen LogP) is 9.73. The first-order valence-electron chi connectivity index (χ1n) is 39.0. The fourth-order valence-corrected chi connectivity index (χ4v) is 14.1. The largest absolute Gasteiger partial charge is 0.492 e. The maximum atomic E-state index is 14.9. The van der Waals surface area contributed by atoms with Crippen LogP contribution >= 0.6 is 11.6 Å². The number of fused-ring (bicyclic) bond motifs is 5. The van der Waals surface area contributed by atoms with E-state index >= 15 is 0 Å². The van der Waals surface area contributed by atoms with Crippen molar-refractivity contribution in [1.82, 2.24) is 45.4 Å². The van der Waals surface area contributed by atoms with Crippen molar-refractivity contribution in [3.63, 3.8) is 0 Å². The number of aryl methyl sites for hydroxylation is 6. The number of nitrogens with one attached hydrogen (secondary N) is 2. The van der Waals surface area contributed by atoms with Gasteiger partial charge in [0.1, 0.15) is 41.9 Å². The third-order valence-electron chi connectivity index (χ3n) is 19.9. The molecule has 0 unspecified atom stereocenters. The summed E-state index contributed by atoms with van der Waals surface area (Å²) < 4.78 is 28.9. The minimum absolute atomic E-state index is 0. The Kier molecular flexibility index (Phi) is 40.5. The number of halogens is 1. The van der Waals surface area contributed by atoms with E-state index in [0.717, 1.165) is 117 Å². The molecule has 0 aliphatic carbocycles. The van der Waals surface area contributed by atoms with Crippen molar-refractivity contribution in [3.05, 3.63) is 104 Å². The lowest BCUT2D eigenvalue weighted by atomic mass is 9.88. The van der Waals surface area contributed by atoms with E-state index < -0.39 is 53.5 Å². The third kappa shape index (κ3) is 28.1. The molecule has 3 fully saturated rings. The monoisotopic (exact) mass is 1580 g/mol. The maximum Gasteiger partial charge on any atom is 0.341 e. The number of hydrogen-bond donors (Lipinski definition) is 7. The zero-order valence-electron chi connectivity index (χ0n) is 66.8. The number of hydrogen-bond acceptors (Lipinski definition) is 26. The average molecular weight is 1580 g/mol. The summed E-state index contributed by atoms with van der Waals surface area (Å²) in [5, 5.41) is 33.5. The number of aromatic carboxylic acids is 1. The Hall–Kier alpha value is -8.73. The number of carbonyl (C=O) groups is 7. The van der Waals surface area contributed by atoms with E-state index in [0.29, 0.717) is 97.0 Å². The van der Waals surface area contributed by atoms with Gasteiger partial charge in [-0.3, -0.25) is 24.0 Å². The van der Waals surface area contributed by atoms with Gasteiger partial charge in [-0.05, 0) is 172 Å². The van der Waals surface area contributed by atoms with Gasteiger partial charge in [-0.2, -0.15) is 5.26 Å². The van der Waals surface area contributed by atoms with Crippen LogP contribution in [0.5, 0.6) is 11.5 Å². The quantitative estimate of drug-likeness (QED) is 0.00972. The van der Waals surface area contributed by atoms with Crippen LogP contribution in [0.2, 0.25) is 5.28 Å². The van der Waals surface area contributed by atoms with Crippen LogP contribution in [0.1, 0.15) is 220 Å². The Morgan fingerprint density at radius 1 is 0.679 bits per heavy atom. The number of aliphatic hydroxyl groups excluding tert-OH is 1. The summed E-state index contributed by atoms with van der Waals surface area (Å²) in [5.41, 5.74) is 24.1. The number of amides is 2. The van der Waals surface area contributed by atoms with Gasteiger partial charge >= 0.3 is 11.9 Å². The minimum Gasteiger partial charge on any atom is -0.492 e. The molecule has 0 radical (unpaired) electrons. The number of rotatable bonds is 30. The number of methoxy groups -OCH3 is 1. The summed E-state index contributed by atoms with van der Waals surface area (Å²) >= 11 is 5.60. The number of nitriles is 1. The number of benzene rings is 2. The second-order valence-electron chi connectivity index (χ2n) is 28.6. The molecule has 5 aromatic rings. The van der Waals surface area contributed by atoms with Crippen LogP contribution in [0, 0.1) is 64.7 Å². The van der Waals surface area contributed by atoms with Gasteiger partial charge in [-0.1, -0.05) is 66.0 Å². The first-order valence-corrected chi connectivity index (χ1v) is 39.4. The molecule has 4 aliphatic heterocycles. The second kappa shape index (κ2) is 48.4. The first-order chi connectivity index (χ1) is 53.2. The normalized spacial score (nSPS) is 17.0. The smallest absolute Gasteiger partial charge is 0.341 e. The van der Waals surface area contributed by atoms with Crippen molar-refractivity contribution in [2.75, 3.05) is 109 Å². The molecule has 0 saturated carbocycles. The number of Topliss-reactive ketones (excluding diaryl/α,β-unsaturated/α-hetero) is 3. The number of unbranched alkanes of at least 4 members (excludes halogenated alkanes) is 4. The summed E-state index contributed by atoms with van der Waals surface area (Å²) in [6.07, 6.45) is 12.6. The zero-order chi connectivity index (χ0) is 81.3. The lowest BCUT2D eigenvalue weighted by Gasteiger charge is -2.33. The Balaban J connectivity index is 0.000000407. The van der Waals surface area contributed by atoms with Gasteiger partial charge in [0.25, 0.3) is 0 Å². The maximum absolute atomic E-state index is 14.9. The van der Waals surface area contributed by atoms with Gasteiger partial charge in [-0.25, -0.2) is 39.5 Å². The highest BCUT2D eigenvalue weighted by atomic mass is 35.5. The molecule has 3 aromatic heterocycles. The number of aromatic nitrogens is 6. The summed E-state index contributed by atoms with van der Waals surface area (Å²) in [5.74, 6) is -3.33. The van der Waals surface area contributed by atoms with Crippen molar-refractivity contribution in [2.24, 2.45) is 29.0 Å². The molecule has 4 bridgehead atoms. The van der Waals surface area contributed by atoms with E-state index in [1.54, 1.807) is 78.8 Å². The molecule has 0 spiro atoms. The van der Waals surface area contributed by atoms with Crippen molar-refractivity contribution in [2.45, 2.75) is 216 Å². The van der Waals surface area contributed by atoms with E-state index in [4.69, 9.17) is 62.8 Å². The van der Waals surface area contributed by atoms with Crippen LogP contribution in [-0.4, -0.2) is 210 Å². The molecule has 2 aromatic carbocycles. The number of likely N-dealkylation sites (N-methyl/N-ethyl adjacent to an activating group) is 1. The molecule has 616 valence electrons. The van der Waals surface area contributed by atoms with Gasteiger partial charge < -0.3 is 76.4 Å². The molecule has 7 heterocycles. The highest BCUT2D eigenvalue weighted by molar-refractivity contribution is 6.28. The van der Waals surface area contributed by atoms with Gasteiger partial charge in [0.05, 0.1) is 77.3 Å². The lowest BCUT2D eigenvalue weighted by molar-refractivity contribution is -0.142. The minimum atomic E-state index is -1.24. The topological polar surface area (TPSA) is 419 Å². The fraction of sp³-hybridized carbons (Fsp3) is 0.610. The molecule has 112 heavy (non-hydrogen) atoms. The predicted molar refractivity (Wildman–Crippen MR) is 431 cm³/mol. The molecule has 9 rings (SSSR count). The Morgan fingerprint density at radius 2 is 1.17 bits per heavy atom. The molecular formula is C82H122ClN15O14. The molecule has 4 aliphatic rings. The number of carboxylic acid groups (broad SMARTS) is 1. The summed E-state index contributed by atoms with van der Waals surface area (Å²) in [6, 6.07) is 10.3. The van der Waals surface area contributed by atoms with Gasteiger partial charge in [0, 0.05) is 108 Å². The van der Waals surface area contributed by atoms with Gasteiger partial charge in [0.15, 0.2) is 17.3 Å². The number of carboxylic acids is 1. The van der Waals surface area contributed by atoms with E-state index in [1.165, 1.54) is 31.9 Å². The Morgan fingerprint density at radius 3 is 1.62 bits per heavy atom. The number of nitrogens with zero attached hydrogens (tertiary/aromatic N) is 10. The number of ketones is 3. The van der Waals surface area contributed by atoms with Crippen LogP contribution in [0.4, 0.5) is 11.9 Å². The lowest BCUT2D eigenvalue weighted by Crippen LogP contribution is -2.46. The Bertz CT molecular complexity index is 3860. The van der Waals surface area contributed by atoms with Crippen molar-refractivity contribution in [1.29, 1.82) is 5.26 Å². The van der Waals surface area contributed by atoms with Crippen LogP contribution < -0.4 is 47.1 Å². The van der Waals surface area contributed by atoms with Crippen molar-refractivity contribution in [3.8, 4) is 28.7 Å². The SMILES string of the molecule is C.CCCCCOC1CCN(c2nc(C)c(C(=O)C[C@@H](CCN)C(=O)N(C)[C@@H]3C(=O)C[C@@H](C)C(=O)N[C@H](C(=O)CCC#N)Cc4ccc(OCCN)c(c4)-c4cc3ccc4OCCN)c(C)n2)CC1.CCCCCOC1CCN(c2nc(C)c(C(=O)O)c(C)n2)CC1.COC(=O)c1c(C)nc(Cl)nc1C.OC1CCNCC1. The van der Waals surface area contributed by atoms with Crippen LogP contribution in [0.15, 0.2) is 36.4 Å². The summed E-state index contributed by atoms with van der Waals surface area (Å²) in [4.78, 5) is 125. The first kappa shape index (κ1) is 93.9. The second-order valence-corrected chi connectivity index (χ2v) is 28.9. The van der Waals surface area contributed by atoms with Gasteiger partial charge in [-0.15, -0.1) is 0 Å².